The molecule has 0 aliphatic carbocycles. The van der Waals surface area contributed by atoms with Gasteiger partial charge in [-0.2, -0.15) is 0 Å². The number of nitro benzene ring substituents is 1. The van der Waals surface area contributed by atoms with Crippen LogP contribution in [0.15, 0.2) is 36.5 Å². The topological polar surface area (TPSA) is 84.7 Å². The van der Waals surface area contributed by atoms with Gasteiger partial charge in [0.2, 0.25) is 0 Å². The molecular formula is C11H11N3O4. The zero-order valence-electron chi connectivity index (χ0n) is 9.41. The molecule has 0 bridgehead atoms. The minimum atomic E-state index is -0.535. The van der Waals surface area contributed by atoms with Crippen molar-refractivity contribution in [3.63, 3.8) is 0 Å². The molecule has 0 atom stereocenters. The van der Waals surface area contributed by atoms with Crippen molar-refractivity contribution < 1.29 is 14.5 Å². The summed E-state index contributed by atoms with van der Waals surface area (Å²) < 4.78 is 5.06. The van der Waals surface area contributed by atoms with Gasteiger partial charge >= 0.3 is 6.09 Å². The van der Waals surface area contributed by atoms with E-state index < -0.39 is 11.0 Å². The number of rotatable bonds is 2. The fourth-order valence-electron chi connectivity index (χ4n) is 1.42. The van der Waals surface area contributed by atoms with Crippen molar-refractivity contribution >= 4 is 11.8 Å². The van der Waals surface area contributed by atoms with Gasteiger partial charge < -0.3 is 4.74 Å². The van der Waals surface area contributed by atoms with Gasteiger partial charge in [-0.1, -0.05) is 6.08 Å². The van der Waals surface area contributed by atoms with Crippen LogP contribution in [0.4, 0.5) is 10.5 Å². The fraction of sp³-hybridized carbons (Fsp3) is 0.182. The summed E-state index contributed by atoms with van der Waals surface area (Å²) in [6.45, 7) is 1.09. The molecule has 94 valence electrons. The van der Waals surface area contributed by atoms with Gasteiger partial charge in [0.05, 0.1) is 11.6 Å². The molecule has 2 rings (SSSR count). The van der Waals surface area contributed by atoms with Crippen LogP contribution in [0.25, 0.3) is 0 Å². The smallest absolute Gasteiger partial charge is 0.410 e. The van der Waals surface area contributed by atoms with Crippen LogP contribution >= 0.6 is 0 Å². The number of nitrogens with one attached hydrogen (secondary N) is 1. The van der Waals surface area contributed by atoms with E-state index in [4.69, 9.17) is 4.74 Å². The largest absolute Gasteiger partial charge is 0.420 e. The molecule has 1 aliphatic rings. The molecule has 1 amide bonds. The summed E-state index contributed by atoms with van der Waals surface area (Å²) in [6, 6.07) is 5.34. The Morgan fingerprint density at radius 3 is 2.67 bits per heavy atom. The minimum absolute atomic E-state index is 0.0469. The molecule has 18 heavy (non-hydrogen) atoms. The first-order chi connectivity index (χ1) is 8.66. The maximum absolute atomic E-state index is 11.7. The third-order valence-corrected chi connectivity index (χ3v) is 2.32. The first kappa shape index (κ1) is 12.1. The Morgan fingerprint density at radius 2 is 2.11 bits per heavy atom. The van der Waals surface area contributed by atoms with Crippen molar-refractivity contribution in [3.05, 3.63) is 46.7 Å². The quantitative estimate of drug-likeness (QED) is 0.633. The van der Waals surface area contributed by atoms with E-state index in [0.29, 0.717) is 13.2 Å². The zero-order valence-corrected chi connectivity index (χ0v) is 9.41. The van der Waals surface area contributed by atoms with E-state index in [9.17, 15) is 14.9 Å². The molecule has 1 aromatic carbocycles. The van der Waals surface area contributed by atoms with Gasteiger partial charge in [0.1, 0.15) is 5.75 Å². The van der Waals surface area contributed by atoms with Gasteiger partial charge in [0.15, 0.2) is 0 Å². The highest BCUT2D eigenvalue weighted by molar-refractivity contribution is 5.72. The third-order valence-electron chi connectivity index (χ3n) is 2.32. The van der Waals surface area contributed by atoms with Gasteiger partial charge in [0.25, 0.3) is 5.69 Å². The molecule has 0 fully saturated rings. The summed E-state index contributed by atoms with van der Waals surface area (Å²) in [5.74, 6) is 0.268. The first-order valence-corrected chi connectivity index (χ1v) is 5.27. The lowest BCUT2D eigenvalue weighted by molar-refractivity contribution is -0.384. The van der Waals surface area contributed by atoms with Crippen LogP contribution in [0.5, 0.6) is 5.75 Å². The van der Waals surface area contributed by atoms with Crippen LogP contribution < -0.4 is 10.1 Å². The van der Waals surface area contributed by atoms with Gasteiger partial charge in [-0.25, -0.2) is 4.79 Å². The number of nitrogens with zero attached hydrogens (tertiary/aromatic N) is 2. The SMILES string of the molecule is O=C(Oc1ccc([N+](=O)[O-])cc1)N1C=CCNC1. The molecule has 1 aromatic rings. The van der Waals surface area contributed by atoms with E-state index in [1.165, 1.54) is 29.2 Å². The Bertz CT molecular complexity index is 484. The third kappa shape index (κ3) is 2.83. The number of nitro groups is 1. The molecule has 0 unspecified atom stereocenters. The van der Waals surface area contributed by atoms with Crippen LogP contribution in [0.2, 0.25) is 0 Å². The highest BCUT2D eigenvalue weighted by Crippen LogP contribution is 2.18. The van der Waals surface area contributed by atoms with Gasteiger partial charge in [-0.05, 0) is 12.1 Å². The van der Waals surface area contributed by atoms with Crippen LogP contribution in [0.1, 0.15) is 0 Å². The maximum atomic E-state index is 11.7. The van der Waals surface area contributed by atoms with E-state index in [-0.39, 0.29) is 11.4 Å². The predicted molar refractivity (Wildman–Crippen MR) is 63.0 cm³/mol. The van der Waals surface area contributed by atoms with Crippen LogP contribution in [0.3, 0.4) is 0 Å². The molecular weight excluding hydrogens is 238 g/mol. The number of carbonyl (C=O) groups is 1. The van der Waals surface area contributed by atoms with Gasteiger partial charge in [-0.3, -0.25) is 20.3 Å². The predicted octanol–water partition coefficient (Wildman–Crippen LogP) is 1.47. The van der Waals surface area contributed by atoms with Crippen LogP contribution in [-0.4, -0.2) is 29.1 Å². The number of amides is 1. The zero-order chi connectivity index (χ0) is 13.0. The number of non-ortho nitro benzene ring substituents is 1. The molecule has 1 N–H and O–H groups in total. The standard InChI is InChI=1S/C11H11N3O4/c15-11(13-7-1-6-12-8-13)18-10-4-2-9(3-5-10)14(16)17/h1-5,7,12H,6,8H2. The molecule has 1 aliphatic heterocycles. The van der Waals surface area contributed by atoms with Gasteiger partial charge in [-0.15, -0.1) is 0 Å². The second-order valence-corrected chi connectivity index (χ2v) is 3.59. The van der Waals surface area contributed by atoms with Crippen molar-refractivity contribution in [3.8, 4) is 5.75 Å². The highest BCUT2D eigenvalue weighted by Gasteiger charge is 2.15. The molecule has 1 heterocycles. The van der Waals surface area contributed by atoms with Crippen molar-refractivity contribution in [1.82, 2.24) is 10.2 Å². The summed E-state index contributed by atoms with van der Waals surface area (Å²) in [6.07, 6.45) is 2.89. The maximum Gasteiger partial charge on any atom is 0.420 e. The highest BCUT2D eigenvalue weighted by atomic mass is 16.6. The number of ether oxygens (including phenoxy) is 1. The lowest BCUT2D eigenvalue weighted by Crippen LogP contribution is -2.39. The molecule has 7 nitrogen and oxygen atoms in total. The van der Waals surface area contributed by atoms with E-state index in [1.807, 2.05) is 0 Å². The number of benzene rings is 1. The van der Waals surface area contributed by atoms with Crippen molar-refractivity contribution in [1.29, 1.82) is 0 Å². The van der Waals surface area contributed by atoms with Crippen LogP contribution in [0, 0.1) is 10.1 Å². The van der Waals surface area contributed by atoms with E-state index in [0.717, 1.165) is 0 Å². The summed E-state index contributed by atoms with van der Waals surface area (Å²) in [5.41, 5.74) is -0.0469. The molecule has 0 spiro atoms. The molecule has 0 radical (unpaired) electrons. The second-order valence-electron chi connectivity index (χ2n) is 3.59. The monoisotopic (exact) mass is 249 g/mol. The average molecular weight is 249 g/mol. The number of hydrogen-bond donors (Lipinski definition) is 1. The van der Waals surface area contributed by atoms with Gasteiger partial charge in [0, 0.05) is 24.9 Å². The molecule has 0 saturated carbocycles. The Kier molecular flexibility index (Phi) is 3.54. The first-order valence-electron chi connectivity index (χ1n) is 5.27. The summed E-state index contributed by atoms with van der Waals surface area (Å²) in [5, 5.41) is 13.4. The van der Waals surface area contributed by atoms with E-state index in [1.54, 1.807) is 12.3 Å². The lowest BCUT2D eigenvalue weighted by atomic mass is 10.3. The van der Waals surface area contributed by atoms with E-state index >= 15 is 0 Å². The fourth-order valence-corrected chi connectivity index (χ4v) is 1.42. The Labute approximate surface area is 103 Å². The van der Waals surface area contributed by atoms with Crippen molar-refractivity contribution in [2.24, 2.45) is 0 Å². The Hall–Kier alpha value is -2.41. The Balaban J connectivity index is 2.00. The lowest BCUT2D eigenvalue weighted by Gasteiger charge is -2.21. The van der Waals surface area contributed by atoms with Crippen molar-refractivity contribution in [2.45, 2.75) is 0 Å². The summed E-state index contributed by atoms with van der Waals surface area (Å²) in [7, 11) is 0. The number of hydrogen-bond acceptors (Lipinski definition) is 5. The number of carbonyl (C=O) groups excluding carboxylic acids is 1. The molecule has 7 heteroatoms. The Morgan fingerprint density at radius 1 is 1.39 bits per heavy atom. The van der Waals surface area contributed by atoms with E-state index in [2.05, 4.69) is 5.32 Å². The van der Waals surface area contributed by atoms with Crippen LogP contribution in [-0.2, 0) is 0 Å². The van der Waals surface area contributed by atoms with Crippen molar-refractivity contribution in [2.75, 3.05) is 13.2 Å². The molecule has 0 aromatic heterocycles. The minimum Gasteiger partial charge on any atom is -0.410 e. The second kappa shape index (κ2) is 5.28. The summed E-state index contributed by atoms with van der Waals surface area (Å²) >= 11 is 0. The summed E-state index contributed by atoms with van der Waals surface area (Å²) in [4.78, 5) is 23.0. The normalized spacial score (nSPS) is 14.3. The molecule has 0 saturated heterocycles. The average Bonchev–Trinajstić information content (AvgIpc) is 2.40.